The normalized spacial score (nSPS) is 30.2. The number of ether oxygens (including phenoxy) is 2. The number of aliphatic hydroxyl groups excluding tert-OH is 1. The third-order valence-corrected chi connectivity index (χ3v) is 3.51. The summed E-state index contributed by atoms with van der Waals surface area (Å²) in [6, 6.07) is 0. The lowest BCUT2D eigenvalue weighted by atomic mass is 9.79. The van der Waals surface area contributed by atoms with Crippen molar-refractivity contribution in [1.82, 2.24) is 0 Å². The second-order valence-corrected chi connectivity index (χ2v) is 5.26. The van der Waals surface area contributed by atoms with Crippen LogP contribution < -0.4 is 0 Å². The molecule has 1 saturated heterocycles. The Morgan fingerprint density at radius 2 is 1.94 bits per heavy atom. The van der Waals surface area contributed by atoms with Gasteiger partial charge in [-0.3, -0.25) is 4.79 Å². The van der Waals surface area contributed by atoms with E-state index >= 15 is 0 Å². The van der Waals surface area contributed by atoms with E-state index in [0.29, 0.717) is 19.1 Å². The lowest BCUT2D eigenvalue weighted by Gasteiger charge is -2.47. The van der Waals surface area contributed by atoms with E-state index in [1.807, 2.05) is 6.92 Å². The minimum absolute atomic E-state index is 0.107. The van der Waals surface area contributed by atoms with Gasteiger partial charge in [-0.15, -0.1) is 0 Å². The summed E-state index contributed by atoms with van der Waals surface area (Å²) >= 11 is 0. The van der Waals surface area contributed by atoms with Crippen LogP contribution in [-0.4, -0.2) is 41.8 Å². The number of carboxylic acids is 1. The Kier molecular flexibility index (Phi) is 4.52. The molecule has 0 aromatic heterocycles. The van der Waals surface area contributed by atoms with Crippen molar-refractivity contribution < 1.29 is 24.5 Å². The fraction of sp³-hybridized carbons (Fsp3) is 0.917. The number of carboxylic acid groups (broad SMARTS) is 1. The van der Waals surface area contributed by atoms with Gasteiger partial charge in [-0.2, -0.15) is 0 Å². The monoisotopic (exact) mass is 246 g/mol. The van der Waals surface area contributed by atoms with Gasteiger partial charge in [-0.05, 0) is 6.42 Å². The van der Waals surface area contributed by atoms with E-state index in [0.717, 1.165) is 6.42 Å². The van der Waals surface area contributed by atoms with Crippen LogP contribution in [0.1, 0.15) is 33.6 Å². The van der Waals surface area contributed by atoms with Crippen molar-refractivity contribution >= 4 is 5.97 Å². The SMILES string of the molecule is CCC1COC(CO)(C(C)(C)CC(=O)O)OC1. The molecule has 0 aromatic carbocycles. The maximum absolute atomic E-state index is 10.8. The quantitative estimate of drug-likeness (QED) is 0.763. The van der Waals surface area contributed by atoms with Gasteiger partial charge in [0, 0.05) is 11.3 Å². The number of aliphatic hydroxyl groups is 1. The van der Waals surface area contributed by atoms with Crippen LogP contribution in [0, 0.1) is 11.3 Å². The molecule has 5 nitrogen and oxygen atoms in total. The van der Waals surface area contributed by atoms with Crippen LogP contribution in [0.2, 0.25) is 0 Å². The van der Waals surface area contributed by atoms with Gasteiger partial charge in [0.2, 0.25) is 0 Å². The summed E-state index contributed by atoms with van der Waals surface area (Å²) in [6.07, 6.45) is 0.839. The second kappa shape index (κ2) is 5.33. The molecule has 0 unspecified atom stereocenters. The summed E-state index contributed by atoms with van der Waals surface area (Å²) in [7, 11) is 0. The van der Waals surface area contributed by atoms with Crippen molar-refractivity contribution in [3.8, 4) is 0 Å². The molecule has 0 radical (unpaired) electrons. The zero-order chi connectivity index (χ0) is 13.1. The first-order chi connectivity index (χ1) is 7.87. The van der Waals surface area contributed by atoms with Crippen molar-refractivity contribution in [1.29, 1.82) is 0 Å². The zero-order valence-corrected chi connectivity index (χ0v) is 10.7. The number of carbonyl (C=O) groups is 1. The van der Waals surface area contributed by atoms with Gasteiger partial charge in [0.1, 0.15) is 0 Å². The van der Waals surface area contributed by atoms with Crippen molar-refractivity contribution in [3.63, 3.8) is 0 Å². The molecule has 100 valence electrons. The minimum atomic E-state index is -1.20. The standard InChI is InChI=1S/C12H22O5/c1-4-9-6-16-12(8-13,17-7-9)11(2,3)5-10(14)15/h9,13H,4-8H2,1-3H3,(H,14,15). The van der Waals surface area contributed by atoms with Crippen LogP contribution in [-0.2, 0) is 14.3 Å². The van der Waals surface area contributed by atoms with Crippen LogP contribution in [0.25, 0.3) is 0 Å². The lowest BCUT2D eigenvalue weighted by molar-refractivity contribution is -0.342. The Labute approximate surface area is 102 Å². The highest BCUT2D eigenvalue weighted by molar-refractivity contribution is 5.67. The summed E-state index contributed by atoms with van der Waals surface area (Å²) in [4.78, 5) is 10.8. The van der Waals surface area contributed by atoms with Crippen LogP contribution in [0.4, 0.5) is 0 Å². The fourth-order valence-electron chi connectivity index (χ4n) is 2.04. The Hall–Kier alpha value is -0.650. The van der Waals surface area contributed by atoms with Crippen LogP contribution >= 0.6 is 0 Å². The zero-order valence-electron chi connectivity index (χ0n) is 10.7. The largest absolute Gasteiger partial charge is 0.481 e. The fourth-order valence-corrected chi connectivity index (χ4v) is 2.04. The van der Waals surface area contributed by atoms with E-state index in [4.69, 9.17) is 14.6 Å². The summed E-state index contributed by atoms with van der Waals surface area (Å²) in [5.74, 6) is -1.81. The number of rotatable bonds is 5. The lowest BCUT2D eigenvalue weighted by Crippen LogP contribution is -2.57. The van der Waals surface area contributed by atoms with E-state index in [9.17, 15) is 9.90 Å². The molecule has 1 rings (SSSR count). The summed E-state index contributed by atoms with van der Waals surface area (Å²) in [5.41, 5.74) is -0.772. The Balaban J connectivity index is 2.79. The number of hydrogen-bond donors (Lipinski definition) is 2. The van der Waals surface area contributed by atoms with Crippen LogP contribution in [0.5, 0.6) is 0 Å². The van der Waals surface area contributed by atoms with Crippen molar-refractivity contribution in [2.45, 2.75) is 39.4 Å². The molecule has 0 aliphatic carbocycles. The topological polar surface area (TPSA) is 76.0 Å². The van der Waals surface area contributed by atoms with Crippen molar-refractivity contribution in [2.24, 2.45) is 11.3 Å². The van der Waals surface area contributed by atoms with Gasteiger partial charge in [0.05, 0.1) is 26.2 Å². The molecule has 1 heterocycles. The molecule has 0 saturated carbocycles. The molecule has 0 spiro atoms. The minimum Gasteiger partial charge on any atom is -0.481 e. The van der Waals surface area contributed by atoms with Gasteiger partial charge in [-0.1, -0.05) is 20.8 Å². The van der Waals surface area contributed by atoms with Crippen LogP contribution in [0.15, 0.2) is 0 Å². The predicted molar refractivity (Wildman–Crippen MR) is 61.5 cm³/mol. The Morgan fingerprint density at radius 1 is 1.41 bits per heavy atom. The molecular weight excluding hydrogens is 224 g/mol. The molecule has 0 amide bonds. The van der Waals surface area contributed by atoms with Gasteiger partial charge >= 0.3 is 5.97 Å². The molecule has 1 aliphatic rings. The molecule has 0 aromatic rings. The van der Waals surface area contributed by atoms with Crippen LogP contribution in [0.3, 0.4) is 0 Å². The smallest absolute Gasteiger partial charge is 0.304 e. The molecule has 2 N–H and O–H groups in total. The highest BCUT2D eigenvalue weighted by atomic mass is 16.7. The third-order valence-electron chi connectivity index (χ3n) is 3.51. The van der Waals surface area contributed by atoms with Crippen molar-refractivity contribution in [2.75, 3.05) is 19.8 Å². The molecule has 0 bridgehead atoms. The van der Waals surface area contributed by atoms with Gasteiger partial charge in [-0.25, -0.2) is 0 Å². The second-order valence-electron chi connectivity index (χ2n) is 5.26. The van der Waals surface area contributed by atoms with E-state index in [1.165, 1.54) is 0 Å². The first-order valence-electron chi connectivity index (χ1n) is 5.97. The molecule has 0 atom stereocenters. The summed E-state index contributed by atoms with van der Waals surface area (Å²) in [5, 5.41) is 18.4. The van der Waals surface area contributed by atoms with E-state index < -0.39 is 17.2 Å². The molecule has 1 aliphatic heterocycles. The van der Waals surface area contributed by atoms with Gasteiger partial charge in [0.15, 0.2) is 5.79 Å². The molecule has 5 heteroatoms. The Morgan fingerprint density at radius 3 is 2.29 bits per heavy atom. The first kappa shape index (κ1) is 14.4. The average molecular weight is 246 g/mol. The van der Waals surface area contributed by atoms with E-state index in [2.05, 4.69) is 0 Å². The highest BCUT2D eigenvalue weighted by Crippen LogP contribution is 2.41. The number of aliphatic carboxylic acids is 1. The molecule has 17 heavy (non-hydrogen) atoms. The summed E-state index contributed by atoms with van der Waals surface area (Å²) in [6.45, 7) is 6.20. The van der Waals surface area contributed by atoms with E-state index in [1.54, 1.807) is 13.8 Å². The Bertz CT molecular complexity index is 266. The number of hydrogen-bond acceptors (Lipinski definition) is 4. The van der Waals surface area contributed by atoms with Gasteiger partial charge in [0.25, 0.3) is 0 Å². The van der Waals surface area contributed by atoms with Gasteiger partial charge < -0.3 is 19.7 Å². The maximum atomic E-state index is 10.8. The van der Waals surface area contributed by atoms with Crippen molar-refractivity contribution in [3.05, 3.63) is 0 Å². The highest BCUT2D eigenvalue weighted by Gasteiger charge is 2.50. The predicted octanol–water partition coefficient (Wildman–Crippen LogP) is 1.25. The third kappa shape index (κ3) is 2.97. The average Bonchev–Trinajstić information content (AvgIpc) is 2.27. The van der Waals surface area contributed by atoms with E-state index in [-0.39, 0.29) is 13.0 Å². The molecule has 1 fully saturated rings. The summed E-state index contributed by atoms with van der Waals surface area (Å²) < 4.78 is 11.3. The first-order valence-corrected chi connectivity index (χ1v) is 5.97. The maximum Gasteiger partial charge on any atom is 0.304 e. The molecular formula is C12H22O5.